The summed E-state index contributed by atoms with van der Waals surface area (Å²) in [6.45, 7) is 0. The number of aromatic nitrogens is 3. The number of hydrogen-bond acceptors (Lipinski definition) is 4. The van der Waals surface area contributed by atoms with E-state index in [1.165, 1.54) is 0 Å². The summed E-state index contributed by atoms with van der Waals surface area (Å²) < 4.78 is 0. The molecule has 0 unspecified atom stereocenters. The Morgan fingerprint density at radius 3 is 2.24 bits per heavy atom. The van der Waals surface area contributed by atoms with Crippen molar-refractivity contribution in [3.05, 3.63) is 65.3 Å². The minimum absolute atomic E-state index is 0.251. The summed E-state index contributed by atoms with van der Waals surface area (Å²) in [7, 11) is 0. The molecule has 0 aliphatic heterocycles. The maximum atomic E-state index is 9.29. The van der Waals surface area contributed by atoms with Crippen LogP contribution in [0.2, 0.25) is 5.02 Å². The fraction of sp³-hybridized carbons (Fsp3) is 0. The van der Waals surface area contributed by atoms with Crippen LogP contribution in [0.25, 0.3) is 22.6 Å². The minimum Gasteiger partial charge on any atom is -0.213 e. The van der Waals surface area contributed by atoms with Crippen molar-refractivity contribution in [3.8, 4) is 28.7 Å². The molecule has 0 amide bonds. The van der Waals surface area contributed by atoms with Crippen molar-refractivity contribution >= 4 is 11.6 Å². The van der Waals surface area contributed by atoms with Gasteiger partial charge < -0.3 is 0 Å². The number of halogens is 1. The Morgan fingerprint density at radius 1 is 0.857 bits per heavy atom. The molecule has 1 aromatic heterocycles. The van der Waals surface area contributed by atoms with Crippen LogP contribution in [0.3, 0.4) is 0 Å². The molecule has 0 saturated heterocycles. The first kappa shape index (κ1) is 13.2. The molecule has 0 atom stereocenters. The first-order chi connectivity index (χ1) is 10.3. The topological polar surface area (TPSA) is 62.5 Å². The molecule has 0 spiro atoms. The fourth-order valence-corrected chi connectivity index (χ4v) is 2.04. The largest absolute Gasteiger partial charge is 0.213 e. The first-order valence-electron chi connectivity index (χ1n) is 6.24. The van der Waals surface area contributed by atoms with Gasteiger partial charge in [0.05, 0.1) is 0 Å². The summed E-state index contributed by atoms with van der Waals surface area (Å²) in [5, 5.41) is 18.2. The molecular formula is C16H9ClN4. The van der Waals surface area contributed by atoms with Crippen molar-refractivity contribution in [2.75, 3.05) is 0 Å². The van der Waals surface area contributed by atoms with Gasteiger partial charge in [0.15, 0.2) is 11.5 Å². The Kier molecular flexibility index (Phi) is 3.59. The van der Waals surface area contributed by atoms with Crippen molar-refractivity contribution < 1.29 is 0 Å². The first-order valence-corrected chi connectivity index (χ1v) is 6.62. The summed E-state index contributed by atoms with van der Waals surface area (Å²) in [5.41, 5.74) is 2.32. The van der Waals surface area contributed by atoms with Crippen molar-refractivity contribution in [1.29, 1.82) is 5.26 Å². The maximum absolute atomic E-state index is 9.29. The lowest BCUT2D eigenvalue weighted by Crippen LogP contribution is -2.00. The molecular weight excluding hydrogens is 284 g/mol. The van der Waals surface area contributed by atoms with Gasteiger partial charge >= 0.3 is 0 Å². The summed E-state index contributed by atoms with van der Waals surface area (Å²) in [4.78, 5) is 4.29. The molecule has 100 valence electrons. The van der Waals surface area contributed by atoms with Crippen LogP contribution in [0.15, 0.2) is 54.6 Å². The fourth-order valence-electron chi connectivity index (χ4n) is 1.92. The van der Waals surface area contributed by atoms with E-state index in [2.05, 4.69) is 21.3 Å². The molecule has 0 aliphatic rings. The van der Waals surface area contributed by atoms with Crippen molar-refractivity contribution in [2.45, 2.75) is 0 Å². The molecule has 0 aliphatic carbocycles. The van der Waals surface area contributed by atoms with Gasteiger partial charge in [0.25, 0.3) is 0 Å². The third-order valence-corrected chi connectivity index (χ3v) is 3.19. The maximum Gasteiger partial charge on any atom is 0.183 e. The lowest BCUT2D eigenvalue weighted by Gasteiger charge is -2.04. The lowest BCUT2D eigenvalue weighted by molar-refractivity contribution is 0.975. The van der Waals surface area contributed by atoms with Crippen LogP contribution >= 0.6 is 11.6 Å². The average molecular weight is 293 g/mol. The van der Waals surface area contributed by atoms with Crippen LogP contribution in [0.5, 0.6) is 0 Å². The molecule has 3 aromatic rings. The Hall–Kier alpha value is -2.77. The second-order valence-electron chi connectivity index (χ2n) is 4.32. The summed E-state index contributed by atoms with van der Waals surface area (Å²) in [6, 6.07) is 18.6. The SMILES string of the molecule is N#Cc1nc(-c2ccc(Cl)cc2)nnc1-c1ccccc1. The normalized spacial score (nSPS) is 10.1. The third-order valence-electron chi connectivity index (χ3n) is 2.94. The van der Waals surface area contributed by atoms with Gasteiger partial charge in [0.1, 0.15) is 11.8 Å². The van der Waals surface area contributed by atoms with Crippen LogP contribution in [-0.4, -0.2) is 15.2 Å². The number of nitriles is 1. The van der Waals surface area contributed by atoms with Gasteiger partial charge in [-0.15, -0.1) is 10.2 Å². The van der Waals surface area contributed by atoms with E-state index in [9.17, 15) is 5.26 Å². The van der Waals surface area contributed by atoms with E-state index in [1.807, 2.05) is 30.3 Å². The minimum atomic E-state index is 0.251. The van der Waals surface area contributed by atoms with E-state index in [-0.39, 0.29) is 5.69 Å². The molecule has 2 aromatic carbocycles. The van der Waals surface area contributed by atoms with Crippen molar-refractivity contribution in [3.63, 3.8) is 0 Å². The number of rotatable bonds is 2. The summed E-state index contributed by atoms with van der Waals surface area (Å²) in [6.07, 6.45) is 0. The number of nitrogens with zero attached hydrogens (tertiary/aromatic N) is 4. The highest BCUT2D eigenvalue weighted by Crippen LogP contribution is 2.22. The van der Waals surface area contributed by atoms with E-state index < -0.39 is 0 Å². The van der Waals surface area contributed by atoms with Gasteiger partial charge in [-0.3, -0.25) is 0 Å². The van der Waals surface area contributed by atoms with Gasteiger partial charge in [-0.2, -0.15) is 5.26 Å². The zero-order valence-electron chi connectivity index (χ0n) is 10.9. The Bertz CT molecular complexity index is 808. The standard InChI is InChI=1S/C16H9ClN4/c17-13-8-6-12(7-9-13)16-19-14(10-18)15(20-21-16)11-4-2-1-3-5-11/h1-9H. The van der Waals surface area contributed by atoms with Crippen LogP contribution < -0.4 is 0 Å². The van der Waals surface area contributed by atoms with E-state index >= 15 is 0 Å². The monoisotopic (exact) mass is 292 g/mol. The Balaban J connectivity index is 2.08. The van der Waals surface area contributed by atoms with Gasteiger partial charge in [-0.25, -0.2) is 4.98 Å². The Morgan fingerprint density at radius 2 is 1.57 bits per heavy atom. The van der Waals surface area contributed by atoms with Crippen LogP contribution in [0.4, 0.5) is 0 Å². The van der Waals surface area contributed by atoms with Crippen LogP contribution in [-0.2, 0) is 0 Å². The number of benzene rings is 2. The Labute approximate surface area is 126 Å². The summed E-state index contributed by atoms with van der Waals surface area (Å²) >= 11 is 5.85. The highest BCUT2D eigenvalue weighted by Gasteiger charge is 2.11. The third kappa shape index (κ3) is 2.73. The van der Waals surface area contributed by atoms with Crippen molar-refractivity contribution in [2.24, 2.45) is 0 Å². The molecule has 0 N–H and O–H groups in total. The van der Waals surface area contributed by atoms with Gasteiger partial charge in [-0.05, 0) is 24.3 Å². The number of hydrogen-bond donors (Lipinski definition) is 0. The molecule has 5 heteroatoms. The quantitative estimate of drug-likeness (QED) is 0.722. The van der Waals surface area contributed by atoms with E-state index in [0.717, 1.165) is 11.1 Å². The van der Waals surface area contributed by atoms with Crippen molar-refractivity contribution in [1.82, 2.24) is 15.2 Å². The second kappa shape index (κ2) is 5.70. The molecule has 0 saturated carbocycles. The molecule has 0 fully saturated rings. The predicted octanol–water partition coefficient (Wildman–Crippen LogP) is 3.73. The highest BCUT2D eigenvalue weighted by atomic mass is 35.5. The highest BCUT2D eigenvalue weighted by molar-refractivity contribution is 6.30. The molecule has 0 bridgehead atoms. The zero-order valence-corrected chi connectivity index (χ0v) is 11.6. The van der Waals surface area contributed by atoms with E-state index in [4.69, 9.17) is 11.6 Å². The second-order valence-corrected chi connectivity index (χ2v) is 4.75. The molecule has 0 radical (unpaired) electrons. The molecule has 1 heterocycles. The van der Waals surface area contributed by atoms with E-state index in [1.54, 1.807) is 24.3 Å². The van der Waals surface area contributed by atoms with E-state index in [0.29, 0.717) is 16.5 Å². The summed E-state index contributed by atoms with van der Waals surface area (Å²) in [5.74, 6) is 0.405. The lowest BCUT2D eigenvalue weighted by atomic mass is 10.1. The molecule has 4 nitrogen and oxygen atoms in total. The van der Waals surface area contributed by atoms with Crippen LogP contribution in [0, 0.1) is 11.3 Å². The molecule has 21 heavy (non-hydrogen) atoms. The molecule has 3 rings (SSSR count). The predicted molar refractivity (Wildman–Crippen MR) is 80.4 cm³/mol. The van der Waals surface area contributed by atoms with Crippen LogP contribution in [0.1, 0.15) is 5.69 Å². The average Bonchev–Trinajstić information content (AvgIpc) is 2.56. The van der Waals surface area contributed by atoms with Gasteiger partial charge in [0, 0.05) is 16.1 Å². The zero-order chi connectivity index (χ0) is 14.7. The van der Waals surface area contributed by atoms with Gasteiger partial charge in [-0.1, -0.05) is 41.9 Å². The van der Waals surface area contributed by atoms with Gasteiger partial charge in [0.2, 0.25) is 0 Å². The smallest absolute Gasteiger partial charge is 0.183 e.